The Morgan fingerprint density at radius 1 is 0.789 bits per heavy atom. The van der Waals surface area contributed by atoms with E-state index in [1.807, 2.05) is 6.07 Å². The van der Waals surface area contributed by atoms with Crippen LogP contribution in [0.2, 0.25) is 0 Å². The van der Waals surface area contributed by atoms with Crippen LogP contribution in [-0.4, -0.2) is 16.0 Å². The molecule has 2 aromatic rings. The summed E-state index contributed by atoms with van der Waals surface area (Å²) in [7, 11) is 0. The van der Waals surface area contributed by atoms with Crippen LogP contribution in [0, 0.1) is 5.41 Å². The molecule has 0 saturated carbocycles. The Hall–Kier alpha value is -2.75. The number of nitrogen functional groups attached to an aromatic ring is 1. The van der Waals surface area contributed by atoms with Gasteiger partial charge in [-0.3, -0.25) is 5.41 Å². The molecule has 0 spiro atoms. The molecule has 0 atom stereocenters. The maximum atomic E-state index is 10.1. The molecule has 4 heteroatoms. The first-order valence-electron chi connectivity index (χ1n) is 5.72. The van der Waals surface area contributed by atoms with E-state index in [9.17, 15) is 10.2 Å². The van der Waals surface area contributed by atoms with E-state index < -0.39 is 0 Å². The third-order valence-electron chi connectivity index (χ3n) is 2.74. The van der Waals surface area contributed by atoms with Gasteiger partial charge in [0.15, 0.2) is 11.5 Å². The zero-order valence-electron chi connectivity index (χ0n) is 10.2. The molecule has 0 amide bonds. The minimum Gasteiger partial charge on any atom is -0.504 e. The van der Waals surface area contributed by atoms with Gasteiger partial charge in [0.05, 0.1) is 0 Å². The number of nitrogens with one attached hydrogen (secondary N) is 1. The second-order valence-electron chi connectivity index (χ2n) is 4.02. The highest BCUT2D eigenvalue weighted by Gasteiger charge is 2.13. The molecule has 19 heavy (non-hydrogen) atoms. The van der Waals surface area contributed by atoms with Crippen molar-refractivity contribution in [3.8, 4) is 0 Å². The van der Waals surface area contributed by atoms with E-state index in [4.69, 9.17) is 11.1 Å². The van der Waals surface area contributed by atoms with Crippen molar-refractivity contribution in [3.63, 3.8) is 0 Å². The lowest BCUT2D eigenvalue weighted by molar-refractivity contribution is 0.459. The number of rotatable bonds is 3. The molecule has 0 aliphatic heterocycles. The zero-order valence-corrected chi connectivity index (χ0v) is 10.2. The summed E-state index contributed by atoms with van der Waals surface area (Å²) in [4.78, 5) is 0. The molecule has 0 unspecified atom stereocenters. The third-order valence-corrected chi connectivity index (χ3v) is 2.74. The molecule has 2 rings (SSSR count). The number of hydrogen-bond donors (Lipinski definition) is 4. The van der Waals surface area contributed by atoms with Crippen LogP contribution in [0.3, 0.4) is 0 Å². The second-order valence-corrected chi connectivity index (χ2v) is 4.02. The van der Waals surface area contributed by atoms with Crippen molar-refractivity contribution in [3.05, 3.63) is 71.3 Å². The highest BCUT2D eigenvalue weighted by molar-refractivity contribution is 6.01. The van der Waals surface area contributed by atoms with Gasteiger partial charge in [-0.2, -0.15) is 0 Å². The summed E-state index contributed by atoms with van der Waals surface area (Å²) >= 11 is 0. The van der Waals surface area contributed by atoms with Gasteiger partial charge in [0.2, 0.25) is 0 Å². The highest BCUT2D eigenvalue weighted by Crippen LogP contribution is 2.24. The maximum Gasteiger partial charge on any atom is 0.166 e. The fourth-order valence-corrected chi connectivity index (χ4v) is 1.78. The zero-order chi connectivity index (χ0) is 13.8. The Balaban J connectivity index is 2.56. The lowest BCUT2D eigenvalue weighted by Gasteiger charge is -2.09. The molecule has 0 fully saturated rings. The van der Waals surface area contributed by atoms with Crippen LogP contribution in [0.5, 0.6) is 0 Å². The van der Waals surface area contributed by atoms with Crippen molar-refractivity contribution < 1.29 is 10.2 Å². The first-order chi connectivity index (χ1) is 9.11. The normalized spacial score (nSPS) is 11.8. The van der Waals surface area contributed by atoms with Gasteiger partial charge in [0.1, 0.15) is 5.84 Å². The van der Waals surface area contributed by atoms with Crippen LogP contribution in [0.1, 0.15) is 16.7 Å². The first kappa shape index (κ1) is 12.7. The average Bonchev–Trinajstić information content (AvgIpc) is 2.46. The van der Waals surface area contributed by atoms with E-state index >= 15 is 0 Å². The number of aliphatic hydroxyl groups is 2. The highest BCUT2D eigenvalue weighted by atomic mass is 16.3. The molecule has 0 aromatic heterocycles. The van der Waals surface area contributed by atoms with E-state index in [1.165, 1.54) is 0 Å². The molecule has 0 saturated heterocycles. The van der Waals surface area contributed by atoms with Crippen LogP contribution in [0.25, 0.3) is 11.5 Å². The summed E-state index contributed by atoms with van der Waals surface area (Å²) in [5.74, 6) is -0.700. The lowest BCUT2D eigenvalue weighted by atomic mass is 10.0. The molecule has 0 aliphatic rings. The Bertz CT molecular complexity index is 634. The summed E-state index contributed by atoms with van der Waals surface area (Å²) in [5, 5.41) is 27.7. The minimum absolute atomic E-state index is 0.164. The summed E-state index contributed by atoms with van der Waals surface area (Å²) < 4.78 is 0. The second kappa shape index (κ2) is 5.27. The van der Waals surface area contributed by atoms with Gasteiger partial charge >= 0.3 is 0 Å². The number of benzene rings is 2. The molecular weight excluding hydrogens is 240 g/mol. The molecule has 5 N–H and O–H groups in total. The van der Waals surface area contributed by atoms with Crippen molar-refractivity contribution in [2.45, 2.75) is 0 Å². The molecule has 0 bridgehead atoms. The molecule has 4 nitrogen and oxygen atoms in total. The Kier molecular flexibility index (Phi) is 3.52. The first-order valence-corrected chi connectivity index (χ1v) is 5.72. The molecular formula is C15H14N2O2. The summed E-state index contributed by atoms with van der Waals surface area (Å²) in [6, 6.07) is 15.3. The Labute approximate surface area is 111 Å². The number of hydrogen-bond acceptors (Lipinski definition) is 3. The smallest absolute Gasteiger partial charge is 0.166 e. The third kappa shape index (κ3) is 2.57. The van der Waals surface area contributed by atoms with E-state index in [0.29, 0.717) is 16.7 Å². The van der Waals surface area contributed by atoms with Gasteiger partial charge in [-0.05, 0) is 0 Å². The van der Waals surface area contributed by atoms with Crippen molar-refractivity contribution in [1.82, 2.24) is 0 Å². The van der Waals surface area contributed by atoms with Crippen LogP contribution < -0.4 is 5.73 Å². The summed E-state index contributed by atoms with van der Waals surface area (Å²) in [6.45, 7) is 0. The predicted octanol–water partition coefficient (Wildman–Crippen LogP) is 2.91. The van der Waals surface area contributed by atoms with Crippen LogP contribution in [0.4, 0.5) is 0 Å². The van der Waals surface area contributed by atoms with Gasteiger partial charge < -0.3 is 15.9 Å². The van der Waals surface area contributed by atoms with Gasteiger partial charge in [0.25, 0.3) is 0 Å². The van der Waals surface area contributed by atoms with E-state index in [-0.39, 0.29) is 17.4 Å². The summed E-state index contributed by atoms with van der Waals surface area (Å²) in [5.41, 5.74) is 6.66. The molecule has 0 radical (unpaired) electrons. The number of amidine groups is 1. The number of aliphatic hydroxyl groups excluding tert-OH is 2. The van der Waals surface area contributed by atoms with Crippen molar-refractivity contribution >= 4 is 17.4 Å². The maximum absolute atomic E-state index is 10.1. The fourth-order valence-electron chi connectivity index (χ4n) is 1.78. The van der Waals surface area contributed by atoms with E-state index in [0.717, 1.165) is 0 Å². The fraction of sp³-hybridized carbons (Fsp3) is 0. The minimum atomic E-state index is -0.294. The molecule has 96 valence electrons. The van der Waals surface area contributed by atoms with Crippen molar-refractivity contribution in [1.29, 1.82) is 5.41 Å². The van der Waals surface area contributed by atoms with E-state index in [1.54, 1.807) is 48.5 Å². The van der Waals surface area contributed by atoms with Crippen LogP contribution in [-0.2, 0) is 0 Å². The predicted molar refractivity (Wildman–Crippen MR) is 76.0 cm³/mol. The topological polar surface area (TPSA) is 90.3 Å². The Morgan fingerprint density at radius 3 is 1.89 bits per heavy atom. The SMILES string of the molecule is N=C(N)c1ccccc1C(O)=C(O)c1ccccc1. The van der Waals surface area contributed by atoms with Gasteiger partial charge in [0, 0.05) is 16.7 Å². The lowest BCUT2D eigenvalue weighted by Crippen LogP contribution is -2.13. The molecule has 2 aromatic carbocycles. The van der Waals surface area contributed by atoms with Gasteiger partial charge in [-0.1, -0.05) is 54.6 Å². The van der Waals surface area contributed by atoms with E-state index in [2.05, 4.69) is 0 Å². The van der Waals surface area contributed by atoms with Crippen LogP contribution in [0.15, 0.2) is 54.6 Å². The monoisotopic (exact) mass is 254 g/mol. The molecule has 0 heterocycles. The molecule has 0 aliphatic carbocycles. The largest absolute Gasteiger partial charge is 0.504 e. The van der Waals surface area contributed by atoms with Crippen LogP contribution >= 0.6 is 0 Å². The van der Waals surface area contributed by atoms with Gasteiger partial charge in [-0.15, -0.1) is 0 Å². The van der Waals surface area contributed by atoms with Gasteiger partial charge in [-0.25, -0.2) is 0 Å². The Morgan fingerprint density at radius 2 is 1.32 bits per heavy atom. The van der Waals surface area contributed by atoms with Crippen molar-refractivity contribution in [2.24, 2.45) is 5.73 Å². The standard InChI is InChI=1S/C15H14N2O2/c16-15(17)12-9-5-4-8-11(12)14(19)13(18)10-6-2-1-3-7-10/h1-9,18-19H,(H3,16,17). The van der Waals surface area contributed by atoms with Crippen molar-refractivity contribution in [2.75, 3.05) is 0 Å². The quantitative estimate of drug-likeness (QED) is 0.294. The number of nitrogens with two attached hydrogens (primary N) is 1. The summed E-state index contributed by atoms with van der Waals surface area (Å²) in [6.07, 6.45) is 0. The average molecular weight is 254 g/mol.